The molecule has 2 heterocycles. The number of alkyl halides is 1. The number of hydrogen-bond donors (Lipinski definition) is 1. The van der Waals surface area contributed by atoms with Gasteiger partial charge in [0.15, 0.2) is 6.10 Å². The van der Waals surface area contributed by atoms with E-state index in [9.17, 15) is 9.18 Å². The van der Waals surface area contributed by atoms with E-state index in [1.807, 2.05) is 20.8 Å². The molecule has 1 N–H and O–H groups in total. The lowest BCUT2D eigenvalue weighted by Gasteiger charge is -2.43. The standard InChI is InChI=1S/C24H32F2N4O2/c1-24(2,3)30(18-6-4-11-27-15-18)23(31)32-22-20(29-13-5-12-28-29)14-19(21(22)26)16-7-9-17(25)10-8-16/h5,7-10,12-13,18-22,27H,4,6,11,14-15H2,1-3H3. The van der Waals surface area contributed by atoms with Crippen LogP contribution >= 0.6 is 0 Å². The quantitative estimate of drug-likeness (QED) is 0.754. The molecule has 5 unspecified atom stereocenters. The molecule has 0 spiro atoms. The van der Waals surface area contributed by atoms with Crippen LogP contribution < -0.4 is 5.32 Å². The van der Waals surface area contributed by atoms with Crippen LogP contribution in [-0.4, -0.2) is 57.7 Å². The van der Waals surface area contributed by atoms with Gasteiger partial charge in [-0.1, -0.05) is 12.1 Å². The van der Waals surface area contributed by atoms with Gasteiger partial charge in [-0.3, -0.25) is 9.58 Å². The van der Waals surface area contributed by atoms with E-state index in [1.54, 1.807) is 40.2 Å². The maximum Gasteiger partial charge on any atom is 0.410 e. The van der Waals surface area contributed by atoms with Crippen LogP contribution in [0.2, 0.25) is 0 Å². The second-order valence-electron chi connectivity index (χ2n) is 9.78. The fourth-order valence-electron chi connectivity index (χ4n) is 5.07. The van der Waals surface area contributed by atoms with Gasteiger partial charge in [0.05, 0.1) is 6.04 Å². The first-order valence-corrected chi connectivity index (χ1v) is 11.3. The molecule has 174 valence electrons. The predicted octanol–water partition coefficient (Wildman–Crippen LogP) is 4.45. The van der Waals surface area contributed by atoms with Gasteiger partial charge in [0.1, 0.15) is 12.0 Å². The number of nitrogens with one attached hydrogen (secondary N) is 1. The van der Waals surface area contributed by atoms with E-state index >= 15 is 4.39 Å². The Balaban J connectivity index is 1.60. The largest absolute Gasteiger partial charge is 0.441 e. The van der Waals surface area contributed by atoms with Crippen molar-refractivity contribution in [3.8, 4) is 0 Å². The number of hydrogen-bond acceptors (Lipinski definition) is 4. The Kier molecular flexibility index (Phi) is 6.51. The van der Waals surface area contributed by atoms with E-state index in [0.29, 0.717) is 18.5 Å². The summed E-state index contributed by atoms with van der Waals surface area (Å²) in [6.45, 7) is 7.53. The summed E-state index contributed by atoms with van der Waals surface area (Å²) in [5.74, 6) is -0.877. The Morgan fingerprint density at radius 3 is 2.62 bits per heavy atom. The predicted molar refractivity (Wildman–Crippen MR) is 118 cm³/mol. The molecule has 1 saturated heterocycles. The van der Waals surface area contributed by atoms with E-state index in [4.69, 9.17) is 4.74 Å². The molecule has 1 aromatic heterocycles. The highest BCUT2D eigenvalue weighted by Crippen LogP contribution is 2.45. The molecule has 1 aliphatic heterocycles. The minimum Gasteiger partial charge on any atom is -0.441 e. The van der Waals surface area contributed by atoms with Gasteiger partial charge in [-0.05, 0) is 70.3 Å². The summed E-state index contributed by atoms with van der Waals surface area (Å²) >= 11 is 0. The summed E-state index contributed by atoms with van der Waals surface area (Å²) in [4.78, 5) is 15.2. The number of halogens is 2. The summed E-state index contributed by atoms with van der Waals surface area (Å²) in [5.41, 5.74) is 0.224. The topological polar surface area (TPSA) is 59.4 Å². The zero-order valence-corrected chi connectivity index (χ0v) is 18.9. The Bertz CT molecular complexity index is 892. The normalized spacial score (nSPS) is 28.5. The number of carbonyl (C=O) groups excluding carboxylic acids is 1. The molecule has 1 aliphatic carbocycles. The highest BCUT2D eigenvalue weighted by atomic mass is 19.1. The molecule has 32 heavy (non-hydrogen) atoms. The summed E-state index contributed by atoms with van der Waals surface area (Å²) in [6.07, 6.45) is 2.74. The van der Waals surface area contributed by atoms with E-state index in [2.05, 4.69) is 10.4 Å². The van der Waals surface area contributed by atoms with Crippen molar-refractivity contribution in [3.63, 3.8) is 0 Å². The molecule has 1 saturated carbocycles. The van der Waals surface area contributed by atoms with Gasteiger partial charge in [-0.15, -0.1) is 0 Å². The molecular formula is C24H32F2N4O2. The molecular weight excluding hydrogens is 414 g/mol. The van der Waals surface area contributed by atoms with Gasteiger partial charge >= 0.3 is 6.09 Å². The van der Waals surface area contributed by atoms with Crippen LogP contribution in [0.15, 0.2) is 42.7 Å². The SMILES string of the molecule is CC(C)(C)N(C(=O)OC1C(F)C(c2ccc(F)cc2)CC1n1cccn1)C1CCCNC1. The number of rotatable bonds is 4. The first kappa shape index (κ1) is 22.7. The van der Waals surface area contributed by atoms with Crippen molar-refractivity contribution in [2.45, 2.75) is 75.8 Å². The van der Waals surface area contributed by atoms with Crippen molar-refractivity contribution in [2.75, 3.05) is 13.1 Å². The van der Waals surface area contributed by atoms with Crippen molar-refractivity contribution >= 4 is 6.09 Å². The summed E-state index contributed by atoms with van der Waals surface area (Å²) in [6, 6.07) is 7.20. The van der Waals surface area contributed by atoms with Crippen LogP contribution in [-0.2, 0) is 4.74 Å². The van der Waals surface area contributed by atoms with Gasteiger partial charge in [-0.2, -0.15) is 5.10 Å². The minimum absolute atomic E-state index is 0.00763. The lowest BCUT2D eigenvalue weighted by atomic mass is 9.96. The number of aromatic nitrogens is 2. The molecule has 2 fully saturated rings. The number of ether oxygens (including phenoxy) is 1. The molecule has 8 heteroatoms. The average molecular weight is 447 g/mol. The average Bonchev–Trinajstić information content (AvgIpc) is 3.38. The van der Waals surface area contributed by atoms with Crippen LogP contribution in [0.25, 0.3) is 0 Å². The molecule has 0 bridgehead atoms. The number of nitrogens with zero attached hydrogens (tertiary/aromatic N) is 3. The third kappa shape index (κ3) is 4.65. The Labute approximate surface area is 187 Å². The van der Waals surface area contributed by atoms with Crippen molar-refractivity contribution in [1.82, 2.24) is 20.0 Å². The molecule has 4 rings (SSSR count). The van der Waals surface area contributed by atoms with Crippen LogP contribution in [0.5, 0.6) is 0 Å². The first-order chi connectivity index (χ1) is 15.3. The van der Waals surface area contributed by atoms with E-state index < -0.39 is 35.9 Å². The van der Waals surface area contributed by atoms with E-state index in [1.165, 1.54) is 12.1 Å². The molecule has 0 radical (unpaired) electrons. The molecule has 1 amide bonds. The van der Waals surface area contributed by atoms with Crippen LogP contribution in [0, 0.1) is 5.82 Å². The lowest BCUT2D eigenvalue weighted by molar-refractivity contribution is -0.0159. The smallest absolute Gasteiger partial charge is 0.410 e. The van der Waals surface area contributed by atoms with Crippen molar-refractivity contribution in [3.05, 3.63) is 54.1 Å². The molecule has 5 atom stereocenters. The zero-order valence-electron chi connectivity index (χ0n) is 18.9. The van der Waals surface area contributed by atoms with E-state index in [-0.39, 0.29) is 11.9 Å². The number of piperidine rings is 1. The second kappa shape index (κ2) is 9.17. The second-order valence-corrected chi connectivity index (χ2v) is 9.78. The summed E-state index contributed by atoms with van der Waals surface area (Å²) in [5, 5.41) is 7.63. The lowest BCUT2D eigenvalue weighted by Crippen LogP contribution is -2.57. The molecule has 1 aromatic carbocycles. The van der Waals surface area contributed by atoms with Crippen LogP contribution in [0.3, 0.4) is 0 Å². The van der Waals surface area contributed by atoms with Gasteiger partial charge in [0.25, 0.3) is 0 Å². The minimum atomic E-state index is -1.43. The first-order valence-electron chi connectivity index (χ1n) is 11.3. The van der Waals surface area contributed by atoms with Crippen molar-refractivity contribution in [1.29, 1.82) is 0 Å². The highest BCUT2D eigenvalue weighted by Gasteiger charge is 2.49. The van der Waals surface area contributed by atoms with Crippen LogP contribution in [0.1, 0.15) is 57.6 Å². The summed E-state index contributed by atoms with van der Waals surface area (Å²) in [7, 11) is 0. The van der Waals surface area contributed by atoms with Crippen LogP contribution in [0.4, 0.5) is 13.6 Å². The van der Waals surface area contributed by atoms with Gasteiger partial charge in [-0.25, -0.2) is 13.6 Å². The van der Waals surface area contributed by atoms with Gasteiger partial charge < -0.3 is 10.1 Å². The molecule has 2 aromatic rings. The molecule has 6 nitrogen and oxygen atoms in total. The number of amides is 1. The maximum atomic E-state index is 15.8. The number of carbonyl (C=O) groups is 1. The maximum absolute atomic E-state index is 15.8. The number of benzene rings is 1. The fourth-order valence-corrected chi connectivity index (χ4v) is 5.07. The van der Waals surface area contributed by atoms with Gasteiger partial charge in [0, 0.05) is 36.4 Å². The highest BCUT2D eigenvalue weighted by molar-refractivity contribution is 5.69. The van der Waals surface area contributed by atoms with Gasteiger partial charge in [0.2, 0.25) is 0 Å². The van der Waals surface area contributed by atoms with E-state index in [0.717, 1.165) is 19.4 Å². The van der Waals surface area contributed by atoms with Crippen molar-refractivity contribution < 1.29 is 18.3 Å². The summed E-state index contributed by atoms with van der Waals surface area (Å²) < 4.78 is 36.8. The zero-order chi connectivity index (χ0) is 22.9. The Morgan fingerprint density at radius 1 is 1.28 bits per heavy atom. The van der Waals surface area contributed by atoms with Crippen molar-refractivity contribution in [2.24, 2.45) is 0 Å². The fraction of sp³-hybridized carbons (Fsp3) is 0.583. The third-order valence-corrected chi connectivity index (χ3v) is 6.53. The Morgan fingerprint density at radius 2 is 2.03 bits per heavy atom. The third-order valence-electron chi connectivity index (χ3n) is 6.53. The Hall–Kier alpha value is -2.48. The monoisotopic (exact) mass is 446 g/mol. The molecule has 2 aliphatic rings.